The maximum absolute atomic E-state index is 13.5. The summed E-state index contributed by atoms with van der Waals surface area (Å²) in [7, 11) is 0. The lowest BCUT2D eigenvalue weighted by atomic mass is 10.1. The molecular weight excluding hydrogens is 334 g/mol. The topological polar surface area (TPSA) is 122 Å². The van der Waals surface area contributed by atoms with Gasteiger partial charge in [-0.3, -0.25) is 9.48 Å². The van der Waals surface area contributed by atoms with E-state index in [1.807, 2.05) is 0 Å². The largest absolute Gasteiger partial charge is 0.477 e. The van der Waals surface area contributed by atoms with Gasteiger partial charge in [0, 0.05) is 30.3 Å². The molecule has 25 heavy (non-hydrogen) atoms. The molecule has 9 heteroatoms. The Kier molecular flexibility index (Phi) is 5.24. The molecule has 1 amide bonds. The Morgan fingerprint density at radius 3 is 2.64 bits per heavy atom. The van der Waals surface area contributed by atoms with Gasteiger partial charge in [-0.15, -0.1) is 0 Å². The zero-order valence-corrected chi connectivity index (χ0v) is 12.7. The predicted molar refractivity (Wildman–Crippen MR) is 82.6 cm³/mol. The lowest BCUT2D eigenvalue weighted by Gasteiger charge is -2.01. The molecule has 1 heterocycles. The van der Waals surface area contributed by atoms with Crippen LogP contribution in [0.4, 0.5) is 8.78 Å². The monoisotopic (exact) mass is 346 g/mol. The third-order valence-electron chi connectivity index (χ3n) is 3.22. The Labute approximate surface area is 140 Å². The standard InChI is InChI=1S/C16H12F2N4O3/c17-12-2-1-9(6-13(12)18)15-11(5-10(7-19)16(24)25)8-22(21-15)4-3-14(20)23/h1-2,5-6,8H,3-4H2,(H2,20,23)(H,24,25)/b10-5-. The van der Waals surface area contributed by atoms with E-state index in [2.05, 4.69) is 5.10 Å². The molecule has 0 spiro atoms. The van der Waals surface area contributed by atoms with Gasteiger partial charge in [0.1, 0.15) is 11.6 Å². The molecule has 2 aromatic rings. The first-order valence-corrected chi connectivity index (χ1v) is 6.98. The third-order valence-corrected chi connectivity index (χ3v) is 3.22. The van der Waals surface area contributed by atoms with Gasteiger partial charge in [-0.1, -0.05) is 0 Å². The summed E-state index contributed by atoms with van der Waals surface area (Å²) in [5.74, 6) is -4.15. The Hall–Kier alpha value is -3.54. The molecule has 0 atom stereocenters. The number of carbonyl (C=O) groups excluding carboxylic acids is 1. The molecule has 0 saturated carbocycles. The second-order valence-corrected chi connectivity index (χ2v) is 5.02. The minimum absolute atomic E-state index is 0.0217. The minimum atomic E-state index is -1.44. The van der Waals surface area contributed by atoms with Crippen LogP contribution in [0.2, 0.25) is 0 Å². The Balaban J connectivity index is 2.55. The van der Waals surface area contributed by atoms with Crippen molar-refractivity contribution in [3.05, 3.63) is 47.2 Å². The second kappa shape index (κ2) is 7.35. The summed E-state index contributed by atoms with van der Waals surface area (Å²) in [4.78, 5) is 21.9. The molecule has 128 valence electrons. The van der Waals surface area contributed by atoms with Crippen LogP contribution in [0.1, 0.15) is 12.0 Å². The van der Waals surface area contributed by atoms with Crippen molar-refractivity contribution in [1.29, 1.82) is 5.26 Å². The maximum atomic E-state index is 13.5. The lowest BCUT2D eigenvalue weighted by Crippen LogP contribution is -2.14. The van der Waals surface area contributed by atoms with Crippen LogP contribution in [-0.2, 0) is 16.1 Å². The number of amides is 1. The van der Waals surface area contributed by atoms with Crippen LogP contribution in [0.5, 0.6) is 0 Å². The highest BCUT2D eigenvalue weighted by Gasteiger charge is 2.15. The van der Waals surface area contributed by atoms with Crippen molar-refractivity contribution in [2.75, 3.05) is 0 Å². The van der Waals surface area contributed by atoms with Crippen LogP contribution in [-0.4, -0.2) is 26.8 Å². The molecule has 1 aromatic heterocycles. The summed E-state index contributed by atoms with van der Waals surface area (Å²) < 4.78 is 27.9. The number of nitrogens with two attached hydrogens (primary N) is 1. The Morgan fingerprint density at radius 2 is 2.08 bits per heavy atom. The maximum Gasteiger partial charge on any atom is 0.346 e. The van der Waals surface area contributed by atoms with Crippen molar-refractivity contribution >= 4 is 18.0 Å². The normalized spacial score (nSPS) is 11.2. The number of carboxylic acid groups (broad SMARTS) is 1. The van der Waals surface area contributed by atoms with E-state index in [0.717, 1.165) is 18.2 Å². The van der Waals surface area contributed by atoms with E-state index in [1.54, 1.807) is 0 Å². The number of aryl methyl sites for hydroxylation is 1. The second-order valence-electron chi connectivity index (χ2n) is 5.02. The first-order valence-electron chi connectivity index (χ1n) is 6.98. The summed E-state index contributed by atoms with van der Waals surface area (Å²) >= 11 is 0. The predicted octanol–water partition coefficient (Wildman–Crippen LogP) is 1.70. The van der Waals surface area contributed by atoms with Gasteiger partial charge in [0.25, 0.3) is 0 Å². The highest BCUT2D eigenvalue weighted by atomic mass is 19.2. The summed E-state index contributed by atoms with van der Waals surface area (Å²) in [5.41, 5.74) is 5.04. The van der Waals surface area contributed by atoms with Crippen LogP contribution in [0.25, 0.3) is 17.3 Å². The van der Waals surface area contributed by atoms with E-state index in [9.17, 15) is 18.4 Å². The number of rotatable bonds is 6. The van der Waals surface area contributed by atoms with Crippen LogP contribution < -0.4 is 5.73 Å². The van der Waals surface area contributed by atoms with Gasteiger partial charge in [0.2, 0.25) is 5.91 Å². The molecular formula is C16H12F2N4O3. The van der Waals surface area contributed by atoms with E-state index in [0.29, 0.717) is 0 Å². The van der Waals surface area contributed by atoms with Gasteiger partial charge < -0.3 is 10.8 Å². The zero-order valence-electron chi connectivity index (χ0n) is 12.7. The quantitative estimate of drug-likeness (QED) is 0.609. The molecule has 0 unspecified atom stereocenters. The van der Waals surface area contributed by atoms with Crippen LogP contribution in [0, 0.1) is 23.0 Å². The number of carboxylic acids is 1. The first-order chi connectivity index (χ1) is 11.8. The summed E-state index contributed by atoms with van der Waals surface area (Å²) in [6, 6.07) is 4.60. The average molecular weight is 346 g/mol. The van der Waals surface area contributed by atoms with Crippen molar-refractivity contribution in [3.63, 3.8) is 0 Å². The minimum Gasteiger partial charge on any atom is -0.477 e. The number of carbonyl (C=O) groups is 2. The van der Waals surface area contributed by atoms with E-state index in [1.165, 1.54) is 23.0 Å². The zero-order chi connectivity index (χ0) is 18.6. The van der Waals surface area contributed by atoms with Crippen molar-refractivity contribution in [2.45, 2.75) is 13.0 Å². The number of benzene rings is 1. The lowest BCUT2D eigenvalue weighted by molar-refractivity contribution is -0.132. The van der Waals surface area contributed by atoms with Crippen molar-refractivity contribution in [2.24, 2.45) is 5.73 Å². The molecule has 0 aliphatic heterocycles. The summed E-state index contributed by atoms with van der Waals surface area (Å²) in [6.45, 7) is 0.106. The van der Waals surface area contributed by atoms with Crippen LogP contribution >= 0.6 is 0 Å². The van der Waals surface area contributed by atoms with Crippen LogP contribution in [0.15, 0.2) is 30.0 Å². The average Bonchev–Trinajstić information content (AvgIpc) is 2.96. The summed E-state index contributed by atoms with van der Waals surface area (Å²) in [6.07, 6.45) is 2.43. The van der Waals surface area contributed by atoms with Gasteiger partial charge in [0.05, 0.1) is 5.69 Å². The van der Waals surface area contributed by atoms with Crippen molar-refractivity contribution < 1.29 is 23.5 Å². The molecule has 7 nitrogen and oxygen atoms in total. The molecule has 0 bridgehead atoms. The Morgan fingerprint density at radius 1 is 1.36 bits per heavy atom. The molecule has 0 fully saturated rings. The highest BCUT2D eigenvalue weighted by molar-refractivity contribution is 5.97. The fraction of sp³-hybridized carbons (Fsp3) is 0.125. The number of nitriles is 1. The van der Waals surface area contributed by atoms with E-state index in [4.69, 9.17) is 16.1 Å². The third kappa shape index (κ3) is 4.26. The van der Waals surface area contributed by atoms with Crippen LogP contribution in [0.3, 0.4) is 0 Å². The first kappa shape index (κ1) is 17.8. The fourth-order valence-electron chi connectivity index (χ4n) is 2.05. The van der Waals surface area contributed by atoms with Crippen molar-refractivity contribution in [3.8, 4) is 17.3 Å². The van der Waals surface area contributed by atoms with Crippen molar-refractivity contribution in [1.82, 2.24) is 9.78 Å². The molecule has 0 aliphatic carbocycles. The number of aliphatic carboxylic acids is 1. The number of nitrogens with zero attached hydrogens (tertiary/aromatic N) is 3. The number of hydrogen-bond acceptors (Lipinski definition) is 4. The SMILES string of the molecule is N#C/C(=C/c1cn(CCC(N)=O)nc1-c1ccc(F)c(F)c1)C(=O)O. The van der Waals surface area contributed by atoms with E-state index < -0.39 is 29.1 Å². The highest BCUT2D eigenvalue weighted by Crippen LogP contribution is 2.26. The van der Waals surface area contributed by atoms with E-state index in [-0.39, 0.29) is 29.8 Å². The molecule has 0 saturated heterocycles. The van der Waals surface area contributed by atoms with Gasteiger partial charge in [0.15, 0.2) is 11.6 Å². The molecule has 3 N–H and O–H groups in total. The Bertz CT molecular complexity index is 913. The molecule has 1 aromatic carbocycles. The van der Waals surface area contributed by atoms with Gasteiger partial charge in [-0.05, 0) is 24.3 Å². The smallest absolute Gasteiger partial charge is 0.346 e. The van der Waals surface area contributed by atoms with Gasteiger partial charge >= 0.3 is 5.97 Å². The fourth-order valence-corrected chi connectivity index (χ4v) is 2.05. The molecule has 0 radical (unpaired) electrons. The number of aromatic nitrogens is 2. The summed E-state index contributed by atoms with van der Waals surface area (Å²) in [5, 5.41) is 22.0. The van der Waals surface area contributed by atoms with Gasteiger partial charge in [-0.2, -0.15) is 10.4 Å². The molecule has 0 aliphatic rings. The van der Waals surface area contributed by atoms with Gasteiger partial charge in [-0.25, -0.2) is 13.6 Å². The number of primary amides is 1. The number of halogens is 2. The molecule has 2 rings (SSSR count). The van der Waals surface area contributed by atoms with E-state index >= 15 is 0 Å². The number of hydrogen-bond donors (Lipinski definition) is 2.